The second-order valence-electron chi connectivity index (χ2n) is 6.84. The van der Waals surface area contributed by atoms with Crippen LogP contribution in [-0.4, -0.2) is 61.4 Å². The van der Waals surface area contributed by atoms with E-state index < -0.39 is 9.85 Å². The summed E-state index contributed by atoms with van der Waals surface area (Å²) in [4.78, 5) is 45.7. The first-order valence-electron chi connectivity index (χ1n) is 9.35. The Bertz CT molecular complexity index is 1120. The van der Waals surface area contributed by atoms with Gasteiger partial charge in [0.25, 0.3) is 17.3 Å². The molecule has 12 heteroatoms. The maximum atomic E-state index is 12.9. The molecule has 0 aliphatic carbocycles. The van der Waals surface area contributed by atoms with Crippen molar-refractivity contribution < 1.29 is 14.6 Å². The Morgan fingerprint density at radius 2 is 1.77 bits per heavy atom. The highest BCUT2D eigenvalue weighted by Crippen LogP contribution is 2.25. The van der Waals surface area contributed by atoms with Crippen molar-refractivity contribution in [3.8, 4) is 5.69 Å². The lowest BCUT2D eigenvalue weighted by Crippen LogP contribution is -2.49. The van der Waals surface area contributed by atoms with E-state index in [4.69, 9.17) is 0 Å². The minimum Gasteiger partial charge on any atom is -0.353 e. The maximum absolute atomic E-state index is 12.9. The van der Waals surface area contributed by atoms with Crippen molar-refractivity contribution in [3.05, 3.63) is 81.0 Å². The Balaban J connectivity index is 1.46. The third kappa shape index (κ3) is 4.03. The number of carbonyl (C=O) groups is 1. The van der Waals surface area contributed by atoms with E-state index in [0.717, 1.165) is 0 Å². The van der Waals surface area contributed by atoms with Crippen LogP contribution in [0.2, 0.25) is 0 Å². The van der Waals surface area contributed by atoms with Crippen molar-refractivity contribution in [1.82, 2.24) is 19.4 Å². The predicted molar refractivity (Wildman–Crippen MR) is 109 cm³/mol. The van der Waals surface area contributed by atoms with Gasteiger partial charge < -0.3 is 14.4 Å². The quantitative estimate of drug-likeness (QED) is 0.448. The average molecular weight is 423 g/mol. The monoisotopic (exact) mass is 423 g/mol. The summed E-state index contributed by atoms with van der Waals surface area (Å²) in [6.07, 6.45) is 5.76. The van der Waals surface area contributed by atoms with Crippen molar-refractivity contribution in [3.63, 3.8) is 0 Å². The Morgan fingerprint density at radius 1 is 1.00 bits per heavy atom. The van der Waals surface area contributed by atoms with Crippen LogP contribution < -0.4 is 4.90 Å². The molecular weight excluding hydrogens is 406 g/mol. The normalized spacial score (nSPS) is 13.8. The molecule has 0 saturated carbocycles. The van der Waals surface area contributed by atoms with Crippen LogP contribution in [0.4, 0.5) is 17.2 Å². The van der Waals surface area contributed by atoms with Gasteiger partial charge >= 0.3 is 0 Å². The standard InChI is InChI=1S/C19H17N7O5/c27-19(14-1-3-16(17(11-14)26(30)31)24-6-5-20-13-24)23-9-7-22(8-10-23)18-4-2-15(12-21-18)25(28)29/h1-6,11-13H,7-10H2. The van der Waals surface area contributed by atoms with Crippen LogP contribution in [0.25, 0.3) is 5.69 Å². The number of piperazine rings is 1. The van der Waals surface area contributed by atoms with Crippen molar-refractivity contribution in [2.24, 2.45) is 0 Å². The largest absolute Gasteiger partial charge is 0.353 e. The fourth-order valence-corrected chi connectivity index (χ4v) is 3.42. The molecule has 0 spiro atoms. The summed E-state index contributed by atoms with van der Waals surface area (Å²) in [7, 11) is 0. The number of nitro groups is 2. The fourth-order valence-electron chi connectivity index (χ4n) is 3.42. The van der Waals surface area contributed by atoms with Crippen LogP contribution in [0, 0.1) is 20.2 Å². The van der Waals surface area contributed by atoms with Crippen LogP contribution in [-0.2, 0) is 0 Å². The molecule has 1 saturated heterocycles. The molecule has 0 atom stereocenters. The van der Waals surface area contributed by atoms with E-state index in [9.17, 15) is 25.0 Å². The summed E-state index contributed by atoms with van der Waals surface area (Å²) < 4.78 is 1.52. The molecule has 31 heavy (non-hydrogen) atoms. The molecule has 1 aliphatic rings. The van der Waals surface area contributed by atoms with Crippen LogP contribution in [0.3, 0.4) is 0 Å². The Morgan fingerprint density at radius 3 is 2.35 bits per heavy atom. The number of carbonyl (C=O) groups excluding carboxylic acids is 1. The predicted octanol–water partition coefficient (Wildman–Crippen LogP) is 2.05. The van der Waals surface area contributed by atoms with Gasteiger partial charge in [-0.25, -0.2) is 9.97 Å². The molecule has 4 rings (SSSR count). The molecule has 1 aliphatic heterocycles. The van der Waals surface area contributed by atoms with Gasteiger partial charge in [0.2, 0.25) is 0 Å². The van der Waals surface area contributed by atoms with E-state index in [0.29, 0.717) is 37.7 Å². The highest BCUT2D eigenvalue weighted by atomic mass is 16.6. The number of hydrogen-bond donors (Lipinski definition) is 0. The van der Waals surface area contributed by atoms with E-state index in [-0.39, 0.29) is 22.8 Å². The van der Waals surface area contributed by atoms with Gasteiger partial charge in [-0.2, -0.15) is 0 Å². The van der Waals surface area contributed by atoms with Gasteiger partial charge in [-0.1, -0.05) is 0 Å². The average Bonchev–Trinajstić information content (AvgIpc) is 3.33. The number of rotatable bonds is 5. The molecule has 1 fully saturated rings. The zero-order valence-corrected chi connectivity index (χ0v) is 16.2. The molecule has 0 bridgehead atoms. The molecule has 1 aromatic carbocycles. The summed E-state index contributed by atoms with van der Waals surface area (Å²) >= 11 is 0. The highest BCUT2D eigenvalue weighted by molar-refractivity contribution is 5.95. The molecule has 3 aromatic rings. The number of imidazole rings is 1. The lowest BCUT2D eigenvalue weighted by Gasteiger charge is -2.35. The molecule has 0 radical (unpaired) electrons. The fraction of sp³-hybridized carbons (Fsp3) is 0.211. The van der Waals surface area contributed by atoms with Crippen LogP contribution in [0.5, 0.6) is 0 Å². The smallest absolute Gasteiger partial charge is 0.294 e. The van der Waals surface area contributed by atoms with Gasteiger partial charge in [0.05, 0.1) is 16.2 Å². The number of nitrogens with zero attached hydrogens (tertiary/aromatic N) is 7. The number of anilines is 1. The van der Waals surface area contributed by atoms with E-state index in [1.165, 1.54) is 41.5 Å². The van der Waals surface area contributed by atoms with E-state index >= 15 is 0 Å². The number of amides is 1. The first kappa shape index (κ1) is 19.9. The van der Waals surface area contributed by atoms with Gasteiger partial charge in [-0.05, 0) is 18.2 Å². The van der Waals surface area contributed by atoms with Crippen molar-refractivity contribution in [2.45, 2.75) is 0 Å². The van der Waals surface area contributed by atoms with Gasteiger partial charge in [0.15, 0.2) is 0 Å². The second kappa shape index (κ2) is 8.18. The molecule has 12 nitrogen and oxygen atoms in total. The summed E-state index contributed by atoms with van der Waals surface area (Å²) in [5.74, 6) is 0.301. The summed E-state index contributed by atoms with van der Waals surface area (Å²) in [5.41, 5.74) is 0.293. The minimum atomic E-state index is -0.523. The number of aromatic nitrogens is 3. The number of pyridine rings is 1. The topological polar surface area (TPSA) is 141 Å². The number of hydrogen-bond acceptors (Lipinski definition) is 8. The Hall–Kier alpha value is -4.35. The number of benzene rings is 1. The summed E-state index contributed by atoms with van der Waals surface area (Å²) in [6, 6.07) is 7.34. The second-order valence-corrected chi connectivity index (χ2v) is 6.84. The molecule has 3 heterocycles. The van der Waals surface area contributed by atoms with Gasteiger partial charge in [-0.15, -0.1) is 0 Å². The molecule has 0 N–H and O–H groups in total. The van der Waals surface area contributed by atoms with Crippen molar-refractivity contribution in [2.75, 3.05) is 31.1 Å². The van der Waals surface area contributed by atoms with E-state index in [1.807, 2.05) is 4.90 Å². The molecule has 1 amide bonds. The third-order valence-corrected chi connectivity index (χ3v) is 5.04. The first-order chi connectivity index (χ1) is 14.9. The van der Waals surface area contributed by atoms with Crippen LogP contribution in [0.1, 0.15) is 10.4 Å². The maximum Gasteiger partial charge on any atom is 0.294 e. The zero-order chi connectivity index (χ0) is 22.0. The van der Waals surface area contributed by atoms with E-state index in [1.54, 1.807) is 23.2 Å². The molecule has 158 valence electrons. The van der Waals surface area contributed by atoms with Gasteiger partial charge in [0, 0.05) is 56.3 Å². The lowest BCUT2D eigenvalue weighted by atomic mass is 10.1. The number of nitro benzene ring substituents is 1. The SMILES string of the molecule is O=C(c1ccc(-n2ccnc2)c([N+](=O)[O-])c1)N1CCN(c2ccc([N+](=O)[O-])cn2)CC1. The Kier molecular flexibility index (Phi) is 5.26. The highest BCUT2D eigenvalue weighted by Gasteiger charge is 2.25. The summed E-state index contributed by atoms with van der Waals surface area (Å²) in [6.45, 7) is 1.78. The van der Waals surface area contributed by atoms with Crippen molar-refractivity contribution >= 4 is 23.1 Å². The van der Waals surface area contributed by atoms with Gasteiger partial charge in [-0.3, -0.25) is 25.0 Å². The first-order valence-corrected chi connectivity index (χ1v) is 9.35. The molecule has 2 aromatic heterocycles. The molecular formula is C19H17N7O5. The Labute approximate surface area is 175 Å². The van der Waals surface area contributed by atoms with Gasteiger partial charge in [0.1, 0.15) is 17.7 Å². The third-order valence-electron chi connectivity index (χ3n) is 5.04. The van der Waals surface area contributed by atoms with E-state index in [2.05, 4.69) is 9.97 Å². The molecule has 0 unspecified atom stereocenters. The lowest BCUT2D eigenvalue weighted by molar-refractivity contribution is -0.385. The minimum absolute atomic E-state index is 0.0849. The summed E-state index contributed by atoms with van der Waals surface area (Å²) in [5, 5.41) is 22.3. The van der Waals surface area contributed by atoms with Crippen LogP contribution >= 0.6 is 0 Å². The zero-order valence-electron chi connectivity index (χ0n) is 16.2. The van der Waals surface area contributed by atoms with Crippen LogP contribution in [0.15, 0.2) is 55.2 Å². The van der Waals surface area contributed by atoms with Crippen molar-refractivity contribution in [1.29, 1.82) is 0 Å².